The van der Waals surface area contributed by atoms with Crippen molar-refractivity contribution < 1.29 is 14.3 Å². The second-order valence-electron chi connectivity index (χ2n) is 5.52. The molecule has 1 N–H and O–H groups in total. The Labute approximate surface area is 87.5 Å². The minimum Gasteiger partial charge on any atom is -0.411 e. The van der Waals surface area contributed by atoms with Crippen molar-refractivity contribution in [3.8, 4) is 0 Å². The Morgan fingerprint density at radius 1 is 1.36 bits per heavy atom. The average Bonchev–Trinajstić information content (AvgIpc) is 2.31. The standard InChI is InChI=1S/C10H22O3Si/c1-10(2,3)14(4,5)13-8-6-9(11)12-7-8/h8-9,11H,6-7H2,1-5H3/t8?,9-/m1/s1. The van der Waals surface area contributed by atoms with Crippen LogP contribution in [0.15, 0.2) is 0 Å². The maximum atomic E-state index is 9.21. The molecule has 0 saturated carbocycles. The lowest BCUT2D eigenvalue weighted by atomic mass is 10.2. The van der Waals surface area contributed by atoms with Crippen LogP contribution in [0.5, 0.6) is 0 Å². The van der Waals surface area contributed by atoms with Crippen molar-refractivity contribution in [1.29, 1.82) is 0 Å². The molecule has 0 aromatic carbocycles. The van der Waals surface area contributed by atoms with Gasteiger partial charge in [0.15, 0.2) is 14.6 Å². The number of aliphatic hydroxyl groups excluding tert-OH is 1. The largest absolute Gasteiger partial charge is 0.411 e. The highest BCUT2D eigenvalue weighted by Crippen LogP contribution is 2.38. The molecule has 1 unspecified atom stereocenters. The number of aliphatic hydroxyl groups is 1. The molecule has 0 radical (unpaired) electrons. The van der Waals surface area contributed by atoms with Gasteiger partial charge in [0.2, 0.25) is 0 Å². The molecule has 4 heteroatoms. The molecule has 1 aliphatic rings. The van der Waals surface area contributed by atoms with Crippen molar-refractivity contribution in [3.05, 3.63) is 0 Å². The molecule has 1 fully saturated rings. The van der Waals surface area contributed by atoms with Gasteiger partial charge in [-0.15, -0.1) is 0 Å². The van der Waals surface area contributed by atoms with Crippen molar-refractivity contribution in [2.75, 3.05) is 6.61 Å². The van der Waals surface area contributed by atoms with Crippen LogP contribution in [0.25, 0.3) is 0 Å². The van der Waals surface area contributed by atoms with Gasteiger partial charge in [0, 0.05) is 6.42 Å². The van der Waals surface area contributed by atoms with Crippen molar-refractivity contribution in [3.63, 3.8) is 0 Å². The Morgan fingerprint density at radius 3 is 2.29 bits per heavy atom. The number of hydrogen-bond acceptors (Lipinski definition) is 3. The second kappa shape index (κ2) is 3.93. The first-order chi connectivity index (χ1) is 6.22. The van der Waals surface area contributed by atoms with Gasteiger partial charge in [0.05, 0.1) is 12.7 Å². The lowest BCUT2D eigenvalue weighted by molar-refractivity contribution is -0.0594. The lowest BCUT2D eigenvalue weighted by Crippen LogP contribution is -2.44. The smallest absolute Gasteiger partial charge is 0.192 e. The molecule has 0 amide bonds. The Morgan fingerprint density at radius 2 is 1.93 bits per heavy atom. The van der Waals surface area contributed by atoms with Gasteiger partial charge < -0.3 is 14.3 Å². The van der Waals surface area contributed by atoms with Gasteiger partial charge >= 0.3 is 0 Å². The summed E-state index contributed by atoms with van der Waals surface area (Å²) in [6.07, 6.45) is 0.0858. The minimum absolute atomic E-state index is 0.0888. The fourth-order valence-corrected chi connectivity index (χ4v) is 2.61. The molecule has 0 aromatic heterocycles. The van der Waals surface area contributed by atoms with Crippen LogP contribution in [-0.2, 0) is 9.16 Å². The maximum absolute atomic E-state index is 9.21. The van der Waals surface area contributed by atoms with E-state index in [2.05, 4.69) is 33.9 Å². The van der Waals surface area contributed by atoms with E-state index >= 15 is 0 Å². The zero-order valence-corrected chi connectivity index (χ0v) is 10.8. The molecule has 2 atom stereocenters. The zero-order valence-electron chi connectivity index (χ0n) is 9.83. The minimum atomic E-state index is -1.69. The highest BCUT2D eigenvalue weighted by molar-refractivity contribution is 6.74. The Kier molecular flexibility index (Phi) is 3.41. The van der Waals surface area contributed by atoms with E-state index in [0.717, 1.165) is 0 Å². The van der Waals surface area contributed by atoms with Gasteiger partial charge in [-0.1, -0.05) is 20.8 Å². The third-order valence-electron chi connectivity index (χ3n) is 3.21. The summed E-state index contributed by atoms with van der Waals surface area (Å²) in [5, 5.41) is 9.44. The summed E-state index contributed by atoms with van der Waals surface area (Å²) < 4.78 is 11.2. The normalized spacial score (nSPS) is 29.6. The van der Waals surface area contributed by atoms with Crippen LogP contribution in [0.3, 0.4) is 0 Å². The summed E-state index contributed by atoms with van der Waals surface area (Å²) in [6, 6.07) is 0. The Balaban J connectivity index is 2.51. The summed E-state index contributed by atoms with van der Waals surface area (Å²) in [5.41, 5.74) is 0. The summed E-state index contributed by atoms with van der Waals surface area (Å²) in [4.78, 5) is 0. The average molecular weight is 218 g/mol. The second-order valence-corrected chi connectivity index (χ2v) is 10.3. The molecular formula is C10H22O3Si. The molecule has 1 rings (SSSR count). The summed E-state index contributed by atoms with van der Waals surface area (Å²) in [6.45, 7) is 11.6. The monoisotopic (exact) mass is 218 g/mol. The van der Waals surface area contributed by atoms with Crippen LogP contribution < -0.4 is 0 Å². The van der Waals surface area contributed by atoms with Crippen LogP contribution in [0.1, 0.15) is 27.2 Å². The molecule has 1 saturated heterocycles. The van der Waals surface area contributed by atoms with E-state index in [-0.39, 0.29) is 11.1 Å². The molecule has 1 aliphatic heterocycles. The predicted octanol–water partition coefficient (Wildman–Crippen LogP) is 2.12. The predicted molar refractivity (Wildman–Crippen MR) is 58.6 cm³/mol. The molecule has 84 valence electrons. The van der Waals surface area contributed by atoms with Crippen molar-refractivity contribution >= 4 is 8.32 Å². The molecular weight excluding hydrogens is 196 g/mol. The van der Waals surface area contributed by atoms with Gasteiger partial charge in [0.25, 0.3) is 0 Å². The summed E-state index contributed by atoms with van der Waals surface area (Å²) >= 11 is 0. The Hall–Kier alpha value is 0.0969. The van der Waals surface area contributed by atoms with Gasteiger partial charge in [-0.2, -0.15) is 0 Å². The first kappa shape index (κ1) is 12.2. The van der Waals surface area contributed by atoms with Crippen LogP contribution in [0.4, 0.5) is 0 Å². The van der Waals surface area contributed by atoms with E-state index in [1.165, 1.54) is 0 Å². The van der Waals surface area contributed by atoms with Crippen molar-refractivity contribution in [2.45, 2.75) is 57.7 Å². The van der Waals surface area contributed by atoms with E-state index < -0.39 is 14.6 Å². The fourth-order valence-electron chi connectivity index (χ4n) is 1.25. The first-order valence-electron chi connectivity index (χ1n) is 5.20. The highest BCUT2D eigenvalue weighted by atomic mass is 28.4. The van der Waals surface area contributed by atoms with Crippen molar-refractivity contribution in [1.82, 2.24) is 0 Å². The van der Waals surface area contributed by atoms with Crippen LogP contribution in [-0.4, -0.2) is 32.4 Å². The van der Waals surface area contributed by atoms with Crippen LogP contribution in [0, 0.1) is 0 Å². The topological polar surface area (TPSA) is 38.7 Å². The molecule has 0 bridgehead atoms. The van der Waals surface area contributed by atoms with E-state index in [1.54, 1.807) is 0 Å². The number of hydrogen-bond donors (Lipinski definition) is 1. The third kappa shape index (κ3) is 2.79. The SMILES string of the molecule is CC(C)(C)[Si](C)(C)OC1CO[C@@H](O)C1. The van der Waals surface area contributed by atoms with Gasteiger partial charge in [-0.25, -0.2) is 0 Å². The quantitative estimate of drug-likeness (QED) is 0.722. The van der Waals surface area contributed by atoms with Gasteiger partial charge in [-0.05, 0) is 18.1 Å². The number of rotatable bonds is 2. The molecule has 0 spiro atoms. The maximum Gasteiger partial charge on any atom is 0.192 e. The Bertz CT molecular complexity index is 198. The van der Waals surface area contributed by atoms with Gasteiger partial charge in [0.1, 0.15) is 0 Å². The summed E-state index contributed by atoms with van der Waals surface area (Å²) in [7, 11) is -1.69. The lowest BCUT2D eigenvalue weighted by Gasteiger charge is -2.38. The van der Waals surface area contributed by atoms with E-state index in [1.807, 2.05) is 0 Å². The van der Waals surface area contributed by atoms with Crippen LogP contribution >= 0.6 is 0 Å². The summed E-state index contributed by atoms with van der Waals surface area (Å²) in [5.74, 6) is 0. The zero-order chi connectivity index (χ0) is 11.0. The molecule has 14 heavy (non-hydrogen) atoms. The number of ether oxygens (including phenoxy) is 1. The van der Waals surface area contributed by atoms with E-state index in [9.17, 15) is 5.11 Å². The highest BCUT2D eigenvalue weighted by Gasteiger charge is 2.40. The fraction of sp³-hybridized carbons (Fsp3) is 1.00. The third-order valence-corrected chi connectivity index (χ3v) is 7.74. The molecule has 0 aliphatic carbocycles. The molecule has 3 nitrogen and oxygen atoms in total. The molecule has 1 heterocycles. The van der Waals surface area contributed by atoms with E-state index in [4.69, 9.17) is 9.16 Å². The van der Waals surface area contributed by atoms with Crippen molar-refractivity contribution in [2.24, 2.45) is 0 Å². The van der Waals surface area contributed by atoms with E-state index in [0.29, 0.717) is 13.0 Å². The van der Waals surface area contributed by atoms with Gasteiger partial charge in [-0.3, -0.25) is 0 Å². The first-order valence-corrected chi connectivity index (χ1v) is 8.11. The molecule has 0 aromatic rings. The van der Waals surface area contributed by atoms with Crippen LogP contribution in [0.2, 0.25) is 18.1 Å².